The van der Waals surface area contributed by atoms with E-state index in [-0.39, 0.29) is 6.04 Å². The van der Waals surface area contributed by atoms with Crippen LogP contribution in [0.1, 0.15) is 22.7 Å². The first-order valence-corrected chi connectivity index (χ1v) is 6.65. The summed E-state index contributed by atoms with van der Waals surface area (Å²) in [6.07, 6.45) is 1.44. The lowest BCUT2D eigenvalue weighted by Gasteiger charge is -2.16. The van der Waals surface area contributed by atoms with Gasteiger partial charge in [-0.15, -0.1) is 11.3 Å². The van der Waals surface area contributed by atoms with Crippen LogP contribution in [0.4, 0.5) is 11.6 Å². The Morgan fingerprint density at radius 3 is 2.63 bits per heavy atom. The quantitative estimate of drug-likeness (QED) is 0.575. The van der Waals surface area contributed by atoms with Crippen molar-refractivity contribution in [2.24, 2.45) is 5.84 Å². The average Bonchev–Trinajstić information content (AvgIpc) is 2.85. The number of nitrogens with one attached hydrogen (secondary N) is 2. The molecule has 2 aromatic rings. The summed E-state index contributed by atoms with van der Waals surface area (Å²) in [5.41, 5.74) is 2.49. The highest BCUT2D eigenvalue weighted by Gasteiger charge is 2.15. The van der Waals surface area contributed by atoms with Crippen LogP contribution in [0.3, 0.4) is 0 Å². The molecule has 4 N–H and O–H groups in total. The van der Waals surface area contributed by atoms with E-state index in [1.54, 1.807) is 18.4 Å². The molecule has 7 heteroatoms. The van der Waals surface area contributed by atoms with E-state index in [9.17, 15) is 0 Å². The Morgan fingerprint density at radius 1 is 1.32 bits per heavy atom. The van der Waals surface area contributed by atoms with E-state index in [1.807, 2.05) is 0 Å². The number of hydrazine groups is 1. The molecular weight excluding hydrogens is 262 g/mol. The second kappa shape index (κ2) is 5.85. The minimum atomic E-state index is 0.133. The molecule has 0 aliphatic rings. The zero-order valence-electron chi connectivity index (χ0n) is 11.1. The molecule has 0 saturated carbocycles. The lowest BCUT2D eigenvalue weighted by atomic mass is 10.2. The topological polar surface area (TPSA) is 85.1 Å². The molecule has 0 aliphatic heterocycles. The number of aromatic nitrogens is 2. The molecular formula is C12H17N5OS. The Hall–Kier alpha value is -1.86. The third-order valence-corrected chi connectivity index (χ3v) is 3.87. The summed E-state index contributed by atoms with van der Waals surface area (Å²) < 4.78 is 5.28. The number of hydrogen-bond donors (Lipinski definition) is 3. The second-order valence-corrected chi connectivity index (χ2v) is 5.38. The molecule has 2 rings (SSSR count). The van der Waals surface area contributed by atoms with Crippen molar-refractivity contribution in [1.82, 2.24) is 9.97 Å². The van der Waals surface area contributed by atoms with E-state index in [1.165, 1.54) is 16.1 Å². The normalized spacial score (nSPS) is 12.0. The zero-order valence-corrected chi connectivity index (χ0v) is 11.9. The van der Waals surface area contributed by atoms with Crippen LogP contribution in [0.5, 0.6) is 5.75 Å². The fraction of sp³-hybridized carbons (Fsp3) is 0.333. The van der Waals surface area contributed by atoms with Crippen molar-refractivity contribution in [1.29, 1.82) is 0 Å². The van der Waals surface area contributed by atoms with Crippen molar-refractivity contribution in [3.8, 4) is 5.75 Å². The van der Waals surface area contributed by atoms with Crippen LogP contribution in [-0.4, -0.2) is 17.1 Å². The fourth-order valence-corrected chi connectivity index (χ4v) is 2.61. The highest BCUT2D eigenvalue weighted by atomic mass is 32.1. The van der Waals surface area contributed by atoms with Gasteiger partial charge in [0.25, 0.3) is 0 Å². The molecule has 0 bridgehead atoms. The number of nitrogens with zero attached hydrogens (tertiary/aromatic N) is 2. The second-order valence-electron chi connectivity index (χ2n) is 4.06. The number of nitrogen functional groups attached to an aromatic ring is 1. The molecule has 0 spiro atoms. The predicted octanol–water partition coefficient (Wildman–Crippen LogP) is 2.31. The summed E-state index contributed by atoms with van der Waals surface area (Å²) in [6.45, 7) is 4.16. The maximum absolute atomic E-state index is 5.39. The Bertz CT molecular complexity index is 557. The minimum absolute atomic E-state index is 0.133. The number of ether oxygens (including phenoxy) is 1. The van der Waals surface area contributed by atoms with Gasteiger partial charge in [-0.2, -0.15) is 0 Å². The molecule has 2 heterocycles. The van der Waals surface area contributed by atoms with E-state index in [0.717, 1.165) is 0 Å². The lowest BCUT2D eigenvalue weighted by Crippen LogP contribution is -2.13. The van der Waals surface area contributed by atoms with Crippen LogP contribution in [0, 0.1) is 6.92 Å². The molecule has 0 saturated heterocycles. The molecule has 102 valence electrons. The van der Waals surface area contributed by atoms with Crippen molar-refractivity contribution in [2.45, 2.75) is 19.9 Å². The zero-order chi connectivity index (χ0) is 13.8. The standard InChI is InChI=1S/C12H17N5OS/c1-7-4-5-9(19-7)8(2)16-11-10(18-3)12(17-13)15-6-14-11/h4-6,8H,13H2,1-3H3,(H2,14,15,16,17). The Morgan fingerprint density at radius 2 is 2.05 bits per heavy atom. The third-order valence-electron chi connectivity index (χ3n) is 2.69. The van der Waals surface area contributed by atoms with Crippen LogP contribution in [0.15, 0.2) is 18.5 Å². The predicted molar refractivity (Wildman–Crippen MR) is 77.5 cm³/mol. The summed E-state index contributed by atoms with van der Waals surface area (Å²) in [4.78, 5) is 10.7. The van der Waals surface area contributed by atoms with Gasteiger partial charge in [0.2, 0.25) is 5.75 Å². The van der Waals surface area contributed by atoms with Gasteiger partial charge in [0.05, 0.1) is 13.2 Å². The fourth-order valence-electron chi connectivity index (χ4n) is 1.74. The monoisotopic (exact) mass is 279 g/mol. The van der Waals surface area contributed by atoms with Gasteiger partial charge >= 0.3 is 0 Å². The van der Waals surface area contributed by atoms with Crippen LogP contribution >= 0.6 is 11.3 Å². The third kappa shape index (κ3) is 2.94. The van der Waals surface area contributed by atoms with Crippen LogP contribution in [0.25, 0.3) is 0 Å². The Labute approximate surface area is 116 Å². The maximum atomic E-state index is 5.39. The summed E-state index contributed by atoms with van der Waals surface area (Å²) in [7, 11) is 1.56. The number of thiophene rings is 1. The van der Waals surface area contributed by atoms with Crippen molar-refractivity contribution >= 4 is 23.0 Å². The maximum Gasteiger partial charge on any atom is 0.205 e. The number of rotatable bonds is 5. The molecule has 0 fully saturated rings. The molecule has 0 aliphatic carbocycles. The minimum Gasteiger partial charge on any atom is -0.490 e. The van der Waals surface area contributed by atoms with Crippen LogP contribution in [-0.2, 0) is 0 Å². The van der Waals surface area contributed by atoms with Crippen LogP contribution < -0.4 is 21.3 Å². The molecule has 6 nitrogen and oxygen atoms in total. The van der Waals surface area contributed by atoms with Gasteiger partial charge in [-0.25, -0.2) is 15.8 Å². The molecule has 1 unspecified atom stereocenters. The number of hydrogen-bond acceptors (Lipinski definition) is 7. The number of anilines is 2. The highest BCUT2D eigenvalue weighted by Crippen LogP contribution is 2.32. The van der Waals surface area contributed by atoms with Crippen molar-refractivity contribution in [3.63, 3.8) is 0 Å². The van der Waals surface area contributed by atoms with E-state index in [2.05, 4.69) is 46.7 Å². The van der Waals surface area contributed by atoms with Crippen molar-refractivity contribution in [2.75, 3.05) is 17.9 Å². The van der Waals surface area contributed by atoms with Gasteiger partial charge in [0, 0.05) is 9.75 Å². The molecule has 19 heavy (non-hydrogen) atoms. The first-order valence-electron chi connectivity index (χ1n) is 5.84. The van der Waals surface area contributed by atoms with Gasteiger partial charge in [0.15, 0.2) is 11.6 Å². The number of methoxy groups -OCH3 is 1. The van der Waals surface area contributed by atoms with E-state index >= 15 is 0 Å². The smallest absolute Gasteiger partial charge is 0.205 e. The molecule has 2 aromatic heterocycles. The van der Waals surface area contributed by atoms with Crippen molar-refractivity contribution in [3.05, 3.63) is 28.2 Å². The molecule has 0 amide bonds. The molecule has 0 aromatic carbocycles. The SMILES string of the molecule is COc1c(NN)ncnc1NC(C)c1ccc(C)s1. The van der Waals surface area contributed by atoms with Crippen molar-refractivity contribution < 1.29 is 4.74 Å². The van der Waals surface area contributed by atoms with Gasteiger partial charge in [-0.3, -0.25) is 0 Å². The Balaban J connectivity index is 2.23. The Kier molecular flexibility index (Phi) is 4.18. The van der Waals surface area contributed by atoms with Gasteiger partial charge in [0.1, 0.15) is 6.33 Å². The first-order chi connectivity index (χ1) is 9.15. The average molecular weight is 279 g/mol. The van der Waals surface area contributed by atoms with E-state index < -0.39 is 0 Å². The first kappa shape index (κ1) is 13.6. The molecule has 1 atom stereocenters. The summed E-state index contributed by atoms with van der Waals surface area (Å²) in [5.74, 6) is 6.97. The number of nitrogens with two attached hydrogens (primary N) is 1. The highest BCUT2D eigenvalue weighted by molar-refractivity contribution is 7.12. The summed E-state index contributed by atoms with van der Waals surface area (Å²) >= 11 is 1.75. The van der Waals surface area contributed by atoms with Gasteiger partial charge in [-0.1, -0.05) is 0 Å². The summed E-state index contributed by atoms with van der Waals surface area (Å²) in [6, 6.07) is 4.34. The van der Waals surface area contributed by atoms with Gasteiger partial charge in [-0.05, 0) is 26.0 Å². The lowest BCUT2D eigenvalue weighted by molar-refractivity contribution is 0.414. The van der Waals surface area contributed by atoms with E-state index in [0.29, 0.717) is 17.4 Å². The number of aryl methyl sites for hydroxylation is 1. The largest absolute Gasteiger partial charge is 0.490 e. The van der Waals surface area contributed by atoms with Crippen LogP contribution in [0.2, 0.25) is 0 Å². The molecule has 0 radical (unpaired) electrons. The summed E-state index contributed by atoms with van der Waals surface area (Å²) in [5, 5.41) is 3.30. The van der Waals surface area contributed by atoms with Gasteiger partial charge < -0.3 is 15.5 Å². The van der Waals surface area contributed by atoms with E-state index in [4.69, 9.17) is 10.6 Å².